The highest BCUT2D eigenvalue weighted by Gasteiger charge is 2.31. The summed E-state index contributed by atoms with van der Waals surface area (Å²) in [6.45, 7) is 0. The van der Waals surface area contributed by atoms with Gasteiger partial charge in [0.25, 0.3) is 0 Å². The van der Waals surface area contributed by atoms with E-state index in [1.54, 1.807) is 0 Å². The lowest BCUT2D eigenvalue weighted by Gasteiger charge is -2.11. The number of rotatable bonds is 2. The van der Waals surface area contributed by atoms with Crippen LogP contribution in [0.3, 0.4) is 0 Å². The third-order valence-electron chi connectivity index (χ3n) is 1.41. The van der Waals surface area contributed by atoms with E-state index >= 15 is 0 Å². The fraction of sp³-hybridized carbons (Fsp3) is 0.125. The van der Waals surface area contributed by atoms with Gasteiger partial charge in [-0.25, -0.2) is 4.79 Å². The molecule has 0 spiro atoms. The number of carboxylic acid groups (broad SMARTS) is 1. The van der Waals surface area contributed by atoms with E-state index in [-0.39, 0.29) is 10.2 Å². The Labute approximate surface area is 96.1 Å². The maximum Gasteiger partial charge on any atom is 0.573 e. The number of halogens is 4. The first kappa shape index (κ1) is 12.6. The smallest absolute Gasteiger partial charge is 0.465 e. The van der Waals surface area contributed by atoms with Gasteiger partial charge in [-0.2, -0.15) is 0 Å². The van der Waals surface area contributed by atoms with Crippen LogP contribution < -0.4 is 10.1 Å². The fourth-order valence-corrected chi connectivity index (χ4v) is 1.37. The van der Waals surface area contributed by atoms with Gasteiger partial charge in [-0.1, -0.05) is 0 Å². The van der Waals surface area contributed by atoms with E-state index < -0.39 is 18.2 Å². The van der Waals surface area contributed by atoms with Crippen molar-refractivity contribution in [1.82, 2.24) is 0 Å². The van der Waals surface area contributed by atoms with Crippen molar-refractivity contribution in [3.8, 4) is 5.75 Å². The van der Waals surface area contributed by atoms with E-state index in [1.807, 2.05) is 5.32 Å². The lowest BCUT2D eigenvalue weighted by atomic mass is 10.3. The SMILES string of the molecule is O=C(O)Nc1ccc(OC(F)(F)F)c(Br)c1. The van der Waals surface area contributed by atoms with E-state index in [2.05, 4.69) is 20.7 Å². The van der Waals surface area contributed by atoms with Crippen LogP contribution in [0.15, 0.2) is 22.7 Å². The van der Waals surface area contributed by atoms with Crippen LogP contribution in [0.1, 0.15) is 0 Å². The summed E-state index contributed by atoms with van der Waals surface area (Å²) in [5.74, 6) is -0.441. The van der Waals surface area contributed by atoms with Crippen molar-refractivity contribution in [2.75, 3.05) is 5.32 Å². The summed E-state index contributed by atoms with van der Waals surface area (Å²) in [5.41, 5.74) is 0.133. The Morgan fingerprint density at radius 2 is 2.06 bits per heavy atom. The lowest BCUT2D eigenvalue weighted by Crippen LogP contribution is -2.17. The number of anilines is 1. The molecule has 8 heteroatoms. The largest absolute Gasteiger partial charge is 0.573 e. The molecule has 0 radical (unpaired) electrons. The Kier molecular flexibility index (Phi) is 3.63. The van der Waals surface area contributed by atoms with Crippen molar-refractivity contribution in [3.63, 3.8) is 0 Å². The van der Waals surface area contributed by atoms with E-state index in [0.29, 0.717) is 0 Å². The lowest BCUT2D eigenvalue weighted by molar-refractivity contribution is -0.274. The second-order valence-corrected chi connectivity index (χ2v) is 3.48. The van der Waals surface area contributed by atoms with Crippen LogP contribution in [0.2, 0.25) is 0 Å². The molecule has 0 unspecified atom stereocenters. The van der Waals surface area contributed by atoms with Gasteiger partial charge in [-0.05, 0) is 34.1 Å². The molecule has 16 heavy (non-hydrogen) atoms. The second-order valence-electron chi connectivity index (χ2n) is 2.62. The predicted molar refractivity (Wildman–Crippen MR) is 52.5 cm³/mol. The molecule has 0 bridgehead atoms. The molecule has 0 saturated heterocycles. The minimum Gasteiger partial charge on any atom is -0.465 e. The van der Waals surface area contributed by atoms with Gasteiger partial charge in [-0.15, -0.1) is 13.2 Å². The van der Waals surface area contributed by atoms with Gasteiger partial charge < -0.3 is 9.84 Å². The van der Waals surface area contributed by atoms with Gasteiger partial charge in [0.2, 0.25) is 0 Å². The number of benzene rings is 1. The zero-order chi connectivity index (χ0) is 12.3. The Morgan fingerprint density at radius 3 is 2.50 bits per heavy atom. The third-order valence-corrected chi connectivity index (χ3v) is 2.03. The number of nitrogens with one attached hydrogen (secondary N) is 1. The molecule has 0 heterocycles. The molecule has 4 nitrogen and oxygen atoms in total. The van der Waals surface area contributed by atoms with Gasteiger partial charge in [0.15, 0.2) is 0 Å². The quantitative estimate of drug-likeness (QED) is 0.879. The molecule has 0 atom stereocenters. The van der Waals surface area contributed by atoms with Crippen LogP contribution in [0.25, 0.3) is 0 Å². The summed E-state index contributed by atoms with van der Waals surface area (Å²) in [7, 11) is 0. The molecule has 1 amide bonds. The first-order chi connectivity index (χ1) is 7.28. The molecule has 0 aliphatic rings. The summed E-state index contributed by atoms with van der Waals surface area (Å²) < 4.78 is 39.3. The zero-order valence-electron chi connectivity index (χ0n) is 7.51. The average molecular weight is 300 g/mol. The summed E-state index contributed by atoms with van der Waals surface area (Å²) >= 11 is 2.83. The summed E-state index contributed by atoms with van der Waals surface area (Å²) in [6.07, 6.45) is -6.10. The molecule has 0 aromatic heterocycles. The number of amides is 1. The first-order valence-corrected chi connectivity index (χ1v) is 4.62. The van der Waals surface area contributed by atoms with Crippen molar-refractivity contribution >= 4 is 27.7 Å². The molecular weight excluding hydrogens is 295 g/mol. The van der Waals surface area contributed by atoms with Crippen LogP contribution in [0.5, 0.6) is 5.75 Å². The molecule has 0 saturated carbocycles. The Morgan fingerprint density at radius 1 is 1.44 bits per heavy atom. The third kappa shape index (κ3) is 3.97. The Hall–Kier alpha value is -1.44. The van der Waals surface area contributed by atoms with Gasteiger partial charge in [0, 0.05) is 5.69 Å². The topological polar surface area (TPSA) is 58.6 Å². The molecular formula is C8H5BrF3NO3. The standard InChI is InChI=1S/C8H5BrF3NO3/c9-5-3-4(13-7(14)15)1-2-6(5)16-8(10,11)12/h1-3,13H,(H,14,15). The van der Waals surface area contributed by atoms with E-state index in [1.165, 1.54) is 0 Å². The van der Waals surface area contributed by atoms with Crippen LogP contribution in [0.4, 0.5) is 23.7 Å². The minimum absolute atomic E-state index is 0.00363. The van der Waals surface area contributed by atoms with Crippen molar-refractivity contribution in [2.45, 2.75) is 6.36 Å². The van der Waals surface area contributed by atoms with Crippen molar-refractivity contribution in [2.24, 2.45) is 0 Å². The maximum absolute atomic E-state index is 11.9. The highest BCUT2D eigenvalue weighted by atomic mass is 79.9. The van der Waals surface area contributed by atoms with Gasteiger partial charge in [-0.3, -0.25) is 5.32 Å². The summed E-state index contributed by atoms with van der Waals surface area (Å²) in [4.78, 5) is 10.3. The average Bonchev–Trinajstić information content (AvgIpc) is 2.06. The van der Waals surface area contributed by atoms with E-state index in [4.69, 9.17) is 5.11 Å². The normalized spacial score (nSPS) is 11.0. The molecule has 0 aliphatic carbocycles. The molecule has 0 fully saturated rings. The minimum atomic E-state index is -4.79. The molecule has 0 aliphatic heterocycles. The Bertz CT molecular complexity index is 408. The number of alkyl halides is 3. The second kappa shape index (κ2) is 4.60. The van der Waals surface area contributed by atoms with Crippen LogP contribution in [-0.4, -0.2) is 17.6 Å². The highest BCUT2D eigenvalue weighted by Crippen LogP contribution is 2.32. The van der Waals surface area contributed by atoms with Crippen molar-refractivity contribution in [3.05, 3.63) is 22.7 Å². The molecule has 88 valence electrons. The van der Waals surface area contributed by atoms with Gasteiger partial charge in [0.05, 0.1) is 4.47 Å². The molecule has 1 rings (SSSR count). The molecule has 1 aromatic carbocycles. The Balaban J connectivity index is 2.87. The summed E-state index contributed by atoms with van der Waals surface area (Å²) in [6, 6.07) is 3.32. The fourth-order valence-electron chi connectivity index (χ4n) is 0.910. The van der Waals surface area contributed by atoms with E-state index in [9.17, 15) is 18.0 Å². The zero-order valence-corrected chi connectivity index (χ0v) is 9.09. The number of carbonyl (C=O) groups is 1. The van der Waals surface area contributed by atoms with Gasteiger partial charge in [0.1, 0.15) is 5.75 Å². The summed E-state index contributed by atoms with van der Waals surface area (Å²) in [5, 5.41) is 10.4. The van der Waals surface area contributed by atoms with Crippen LogP contribution in [-0.2, 0) is 0 Å². The van der Waals surface area contributed by atoms with Crippen molar-refractivity contribution in [1.29, 1.82) is 0 Å². The highest BCUT2D eigenvalue weighted by molar-refractivity contribution is 9.10. The molecule has 1 aromatic rings. The van der Waals surface area contributed by atoms with Gasteiger partial charge >= 0.3 is 12.5 Å². The first-order valence-electron chi connectivity index (χ1n) is 3.83. The predicted octanol–water partition coefficient (Wildman–Crippen LogP) is 3.44. The van der Waals surface area contributed by atoms with Crippen molar-refractivity contribution < 1.29 is 27.8 Å². The molecule has 2 N–H and O–H groups in total. The van der Waals surface area contributed by atoms with E-state index in [0.717, 1.165) is 18.2 Å². The monoisotopic (exact) mass is 299 g/mol. The van der Waals surface area contributed by atoms with Crippen LogP contribution >= 0.6 is 15.9 Å². The van der Waals surface area contributed by atoms with Crippen LogP contribution in [0, 0.1) is 0 Å². The number of hydrogen-bond donors (Lipinski definition) is 2. The maximum atomic E-state index is 11.9. The number of ether oxygens (including phenoxy) is 1. The number of hydrogen-bond acceptors (Lipinski definition) is 2.